The van der Waals surface area contributed by atoms with Crippen LogP contribution in [0.1, 0.15) is 23.6 Å². The Bertz CT molecular complexity index is 655. The Kier molecular flexibility index (Phi) is 4.63. The lowest BCUT2D eigenvalue weighted by Gasteiger charge is -2.14. The van der Waals surface area contributed by atoms with Gasteiger partial charge in [-0.3, -0.25) is 0 Å². The highest BCUT2D eigenvalue weighted by atomic mass is 35.5. The van der Waals surface area contributed by atoms with E-state index in [-0.39, 0.29) is 0 Å². The van der Waals surface area contributed by atoms with Gasteiger partial charge >= 0.3 is 0 Å². The summed E-state index contributed by atoms with van der Waals surface area (Å²) in [5.74, 6) is 1.43. The summed E-state index contributed by atoms with van der Waals surface area (Å²) in [6, 6.07) is 11.4. The molecule has 0 aliphatic rings. The minimum atomic E-state index is 0.327. The summed E-state index contributed by atoms with van der Waals surface area (Å²) in [6.45, 7) is 4.02. The number of nitrogens with two attached hydrogens (primary N) is 1. The van der Waals surface area contributed by atoms with E-state index in [0.717, 1.165) is 33.9 Å². The Morgan fingerprint density at radius 3 is 2.70 bits per heavy atom. The van der Waals surface area contributed by atoms with E-state index in [2.05, 4.69) is 6.92 Å². The molecule has 0 saturated carbocycles. The SMILES string of the molecule is CCc1cc(Oc2c(C)cccc2C(N)=S)ccc1Cl. The largest absolute Gasteiger partial charge is 0.456 e. The van der Waals surface area contributed by atoms with Gasteiger partial charge in [0.2, 0.25) is 0 Å². The number of para-hydroxylation sites is 1. The van der Waals surface area contributed by atoms with E-state index in [1.165, 1.54) is 0 Å². The first-order chi connectivity index (χ1) is 9.52. The quantitative estimate of drug-likeness (QED) is 0.836. The summed E-state index contributed by atoms with van der Waals surface area (Å²) in [4.78, 5) is 0.327. The van der Waals surface area contributed by atoms with Crippen LogP contribution in [0.2, 0.25) is 5.02 Å². The van der Waals surface area contributed by atoms with Crippen molar-refractivity contribution >= 4 is 28.8 Å². The fraction of sp³-hybridized carbons (Fsp3) is 0.188. The van der Waals surface area contributed by atoms with E-state index in [9.17, 15) is 0 Å². The number of hydrogen-bond donors (Lipinski definition) is 1. The van der Waals surface area contributed by atoms with Gasteiger partial charge in [-0.2, -0.15) is 0 Å². The smallest absolute Gasteiger partial charge is 0.140 e. The predicted molar refractivity (Wildman–Crippen MR) is 88.0 cm³/mol. The van der Waals surface area contributed by atoms with E-state index in [1.54, 1.807) is 0 Å². The maximum Gasteiger partial charge on any atom is 0.140 e. The van der Waals surface area contributed by atoms with Crippen molar-refractivity contribution in [2.75, 3.05) is 0 Å². The van der Waals surface area contributed by atoms with Crippen LogP contribution in [0.5, 0.6) is 11.5 Å². The topological polar surface area (TPSA) is 35.2 Å². The molecule has 0 unspecified atom stereocenters. The molecule has 0 spiro atoms. The molecule has 2 aromatic rings. The summed E-state index contributed by atoms with van der Waals surface area (Å²) < 4.78 is 5.97. The van der Waals surface area contributed by atoms with E-state index in [4.69, 9.17) is 34.3 Å². The summed E-state index contributed by atoms with van der Waals surface area (Å²) in [5.41, 5.74) is 8.53. The molecular weight excluding hydrogens is 290 g/mol. The molecule has 0 atom stereocenters. The fourth-order valence-electron chi connectivity index (χ4n) is 1.99. The van der Waals surface area contributed by atoms with Crippen LogP contribution in [0.15, 0.2) is 36.4 Å². The van der Waals surface area contributed by atoms with Crippen molar-refractivity contribution in [1.29, 1.82) is 0 Å². The van der Waals surface area contributed by atoms with Crippen molar-refractivity contribution in [3.8, 4) is 11.5 Å². The molecule has 0 amide bonds. The van der Waals surface area contributed by atoms with E-state index >= 15 is 0 Å². The number of thiocarbonyl (C=S) groups is 1. The van der Waals surface area contributed by atoms with Crippen molar-refractivity contribution in [1.82, 2.24) is 0 Å². The maximum atomic E-state index is 6.12. The van der Waals surface area contributed by atoms with E-state index in [0.29, 0.717) is 10.7 Å². The van der Waals surface area contributed by atoms with Crippen LogP contribution in [-0.4, -0.2) is 4.99 Å². The van der Waals surface area contributed by atoms with Gasteiger partial charge in [0.15, 0.2) is 0 Å². The van der Waals surface area contributed by atoms with E-state index in [1.807, 2.05) is 43.3 Å². The molecule has 104 valence electrons. The van der Waals surface area contributed by atoms with Gasteiger partial charge in [0.05, 0.1) is 5.56 Å². The zero-order valence-corrected chi connectivity index (χ0v) is 13.0. The highest BCUT2D eigenvalue weighted by Gasteiger charge is 2.11. The predicted octanol–water partition coefficient (Wildman–Crippen LogP) is 4.64. The monoisotopic (exact) mass is 305 g/mol. The summed E-state index contributed by atoms with van der Waals surface area (Å²) >= 11 is 11.2. The molecule has 2 N–H and O–H groups in total. The van der Waals surface area contributed by atoms with Gasteiger partial charge < -0.3 is 10.5 Å². The van der Waals surface area contributed by atoms with Crippen LogP contribution in [0.25, 0.3) is 0 Å². The van der Waals surface area contributed by atoms with Gasteiger partial charge in [0.25, 0.3) is 0 Å². The van der Waals surface area contributed by atoms with Gasteiger partial charge in [-0.05, 0) is 48.7 Å². The van der Waals surface area contributed by atoms with E-state index < -0.39 is 0 Å². The molecule has 0 fully saturated rings. The van der Waals surface area contributed by atoms with Crippen LogP contribution in [0.4, 0.5) is 0 Å². The van der Waals surface area contributed by atoms with Crippen LogP contribution >= 0.6 is 23.8 Å². The van der Waals surface area contributed by atoms with Gasteiger partial charge in [-0.1, -0.05) is 42.9 Å². The molecule has 2 aromatic carbocycles. The number of halogens is 1. The first-order valence-corrected chi connectivity index (χ1v) is 7.17. The first kappa shape index (κ1) is 14.8. The normalized spacial score (nSPS) is 10.3. The van der Waals surface area contributed by atoms with Crippen molar-refractivity contribution in [2.45, 2.75) is 20.3 Å². The zero-order valence-electron chi connectivity index (χ0n) is 11.4. The molecule has 20 heavy (non-hydrogen) atoms. The fourth-order valence-corrected chi connectivity index (χ4v) is 2.40. The molecule has 0 aromatic heterocycles. The molecule has 4 heteroatoms. The molecule has 2 rings (SSSR count). The van der Waals surface area contributed by atoms with Crippen molar-refractivity contribution in [2.24, 2.45) is 5.73 Å². The molecule has 0 aliphatic heterocycles. The van der Waals surface area contributed by atoms with Crippen LogP contribution in [0.3, 0.4) is 0 Å². The zero-order chi connectivity index (χ0) is 14.7. The van der Waals surface area contributed by atoms with Crippen LogP contribution in [-0.2, 0) is 6.42 Å². The number of hydrogen-bond acceptors (Lipinski definition) is 2. The van der Waals surface area contributed by atoms with Gasteiger partial charge in [-0.25, -0.2) is 0 Å². The third-order valence-electron chi connectivity index (χ3n) is 3.10. The summed E-state index contributed by atoms with van der Waals surface area (Å²) in [6.07, 6.45) is 0.853. The third-order valence-corrected chi connectivity index (χ3v) is 3.68. The lowest BCUT2D eigenvalue weighted by Crippen LogP contribution is -2.11. The summed E-state index contributed by atoms with van der Waals surface area (Å²) in [7, 11) is 0. The van der Waals surface area contributed by atoms with Gasteiger partial charge in [0.1, 0.15) is 16.5 Å². The van der Waals surface area contributed by atoms with Crippen LogP contribution < -0.4 is 10.5 Å². The lowest BCUT2D eigenvalue weighted by molar-refractivity contribution is 0.477. The van der Waals surface area contributed by atoms with Crippen molar-refractivity contribution in [3.05, 3.63) is 58.1 Å². The second kappa shape index (κ2) is 6.25. The third kappa shape index (κ3) is 3.11. The highest BCUT2D eigenvalue weighted by molar-refractivity contribution is 7.80. The second-order valence-electron chi connectivity index (χ2n) is 4.52. The second-order valence-corrected chi connectivity index (χ2v) is 5.37. The first-order valence-electron chi connectivity index (χ1n) is 6.38. The molecule has 0 radical (unpaired) electrons. The Labute approximate surface area is 129 Å². The minimum absolute atomic E-state index is 0.327. The molecule has 0 aliphatic carbocycles. The highest BCUT2D eigenvalue weighted by Crippen LogP contribution is 2.31. The van der Waals surface area contributed by atoms with Crippen molar-refractivity contribution < 1.29 is 4.74 Å². The minimum Gasteiger partial charge on any atom is -0.456 e. The summed E-state index contributed by atoms with van der Waals surface area (Å²) in [5, 5.41) is 0.749. The molecular formula is C16H16ClNOS. The average Bonchev–Trinajstić information content (AvgIpc) is 2.42. The van der Waals surface area contributed by atoms with Gasteiger partial charge in [-0.15, -0.1) is 0 Å². The Hall–Kier alpha value is -1.58. The number of rotatable bonds is 4. The van der Waals surface area contributed by atoms with Crippen molar-refractivity contribution in [3.63, 3.8) is 0 Å². The maximum absolute atomic E-state index is 6.12. The number of benzene rings is 2. The van der Waals surface area contributed by atoms with Gasteiger partial charge in [0, 0.05) is 5.02 Å². The molecule has 0 bridgehead atoms. The standard InChI is InChI=1S/C16H16ClNOS/c1-3-11-9-12(7-8-14(11)17)19-15-10(2)5-4-6-13(15)16(18)20/h4-9H,3H2,1-2H3,(H2,18,20). The lowest BCUT2D eigenvalue weighted by atomic mass is 10.1. The number of aryl methyl sites for hydroxylation is 2. The Morgan fingerprint density at radius 2 is 2.05 bits per heavy atom. The average molecular weight is 306 g/mol. The number of ether oxygens (including phenoxy) is 1. The Morgan fingerprint density at radius 1 is 1.30 bits per heavy atom. The Balaban J connectivity index is 2.42. The molecule has 0 saturated heterocycles. The molecule has 0 heterocycles. The van der Waals surface area contributed by atoms with Crippen LogP contribution in [0, 0.1) is 6.92 Å². The molecule has 2 nitrogen and oxygen atoms in total.